The zero-order chi connectivity index (χ0) is 20.6. The summed E-state index contributed by atoms with van der Waals surface area (Å²) >= 11 is 6.18. The second kappa shape index (κ2) is 7.55. The van der Waals surface area contributed by atoms with Crippen LogP contribution in [-0.4, -0.2) is 28.0 Å². The molecule has 1 amide bonds. The number of nitrogens with zero attached hydrogens (tertiary/aromatic N) is 3. The van der Waals surface area contributed by atoms with Gasteiger partial charge in [-0.15, -0.1) is 0 Å². The molecule has 1 aliphatic rings. The molecule has 0 atom stereocenters. The van der Waals surface area contributed by atoms with Gasteiger partial charge in [0, 0.05) is 18.2 Å². The van der Waals surface area contributed by atoms with Crippen molar-refractivity contribution in [3.63, 3.8) is 0 Å². The van der Waals surface area contributed by atoms with Gasteiger partial charge in [0.25, 0.3) is 5.91 Å². The molecule has 0 bridgehead atoms. The molecule has 29 heavy (non-hydrogen) atoms. The third-order valence-corrected chi connectivity index (χ3v) is 5.52. The Kier molecular flexibility index (Phi) is 5.08. The number of aryl methyl sites for hydroxylation is 1. The minimum Gasteiger partial charge on any atom is -0.495 e. The van der Waals surface area contributed by atoms with E-state index in [1.165, 1.54) is 0 Å². The van der Waals surface area contributed by atoms with Gasteiger partial charge in [0.2, 0.25) is 0 Å². The first-order chi connectivity index (χ1) is 13.8. The van der Waals surface area contributed by atoms with Crippen molar-refractivity contribution >= 4 is 23.2 Å². The first-order valence-corrected chi connectivity index (χ1v) is 9.86. The summed E-state index contributed by atoms with van der Waals surface area (Å²) in [6, 6.07) is 5.58. The van der Waals surface area contributed by atoms with Gasteiger partial charge in [0.05, 0.1) is 30.6 Å². The second-order valence-corrected chi connectivity index (χ2v) is 8.53. The van der Waals surface area contributed by atoms with Crippen LogP contribution in [-0.2, 0) is 19.4 Å². The lowest BCUT2D eigenvalue weighted by Gasteiger charge is -2.28. The third kappa shape index (κ3) is 4.15. The Labute approximate surface area is 174 Å². The Morgan fingerprint density at radius 3 is 3.00 bits per heavy atom. The summed E-state index contributed by atoms with van der Waals surface area (Å²) in [7, 11) is 1.58. The lowest BCUT2D eigenvalue weighted by atomic mass is 9.76. The normalized spacial score (nSPS) is 15.0. The largest absolute Gasteiger partial charge is 0.495 e. The average molecular weight is 415 g/mol. The summed E-state index contributed by atoms with van der Waals surface area (Å²) in [6.45, 7) is 4.91. The number of anilines is 1. The van der Waals surface area contributed by atoms with E-state index >= 15 is 0 Å². The smallest absolute Gasteiger partial charge is 0.278 e. The average Bonchev–Trinajstić information content (AvgIpc) is 3.27. The van der Waals surface area contributed by atoms with Gasteiger partial charge in [-0.05, 0) is 36.0 Å². The van der Waals surface area contributed by atoms with Crippen molar-refractivity contribution in [3.8, 4) is 5.75 Å². The molecule has 0 saturated heterocycles. The van der Waals surface area contributed by atoms with Gasteiger partial charge in [-0.1, -0.05) is 36.7 Å². The van der Waals surface area contributed by atoms with Gasteiger partial charge < -0.3 is 14.6 Å². The van der Waals surface area contributed by atoms with Gasteiger partial charge >= 0.3 is 0 Å². The molecule has 1 aliphatic carbocycles. The Morgan fingerprint density at radius 2 is 2.24 bits per heavy atom. The fourth-order valence-electron chi connectivity index (χ4n) is 3.62. The molecule has 1 N–H and O–H groups in total. The molecule has 0 fully saturated rings. The highest BCUT2D eigenvalue weighted by Crippen LogP contribution is 2.36. The standard InChI is InChI=1S/C21H23ClN4O3/c1-21(2)7-6-17-15(9-21)19(25-29-17)20(27)24-14-10-23-26(12-14)11-13-4-5-18(28-3)16(22)8-13/h4-5,8,10,12H,6-7,9,11H2,1-3H3,(H,24,27). The Balaban J connectivity index is 1.45. The fourth-order valence-corrected chi connectivity index (χ4v) is 3.90. The number of methoxy groups -OCH3 is 1. The maximum atomic E-state index is 12.7. The molecular weight excluding hydrogens is 392 g/mol. The number of halogens is 1. The van der Waals surface area contributed by atoms with Crippen LogP contribution < -0.4 is 10.1 Å². The second-order valence-electron chi connectivity index (χ2n) is 8.12. The highest BCUT2D eigenvalue weighted by molar-refractivity contribution is 6.32. The maximum Gasteiger partial charge on any atom is 0.278 e. The summed E-state index contributed by atoms with van der Waals surface area (Å²) < 4.78 is 12.3. The number of nitrogens with one attached hydrogen (secondary N) is 1. The van der Waals surface area contributed by atoms with E-state index in [0.29, 0.717) is 28.7 Å². The number of amides is 1. The molecular formula is C21H23ClN4O3. The number of ether oxygens (including phenoxy) is 1. The summed E-state index contributed by atoms with van der Waals surface area (Å²) in [4.78, 5) is 12.7. The molecule has 0 spiro atoms. The molecule has 0 aliphatic heterocycles. The number of hydrogen-bond acceptors (Lipinski definition) is 5. The van der Waals surface area contributed by atoms with Crippen molar-refractivity contribution in [1.29, 1.82) is 0 Å². The Morgan fingerprint density at radius 1 is 1.41 bits per heavy atom. The molecule has 152 valence electrons. The van der Waals surface area contributed by atoms with Gasteiger partial charge in [-0.3, -0.25) is 9.48 Å². The van der Waals surface area contributed by atoms with Crippen LogP contribution in [0.4, 0.5) is 5.69 Å². The minimum atomic E-state index is -0.278. The van der Waals surface area contributed by atoms with E-state index in [4.69, 9.17) is 20.9 Å². The van der Waals surface area contributed by atoms with E-state index in [0.717, 1.165) is 36.1 Å². The lowest BCUT2D eigenvalue weighted by Crippen LogP contribution is -2.24. The number of benzene rings is 1. The van der Waals surface area contributed by atoms with Crippen LogP contribution in [0.2, 0.25) is 5.02 Å². The van der Waals surface area contributed by atoms with Gasteiger partial charge in [-0.2, -0.15) is 5.10 Å². The van der Waals surface area contributed by atoms with Crippen LogP contribution in [0.3, 0.4) is 0 Å². The van der Waals surface area contributed by atoms with E-state index in [2.05, 4.69) is 29.4 Å². The molecule has 0 radical (unpaired) electrons. The van der Waals surface area contributed by atoms with Gasteiger partial charge in [0.15, 0.2) is 5.69 Å². The van der Waals surface area contributed by atoms with Crippen LogP contribution in [0.5, 0.6) is 5.75 Å². The van der Waals surface area contributed by atoms with Crippen molar-refractivity contribution in [2.75, 3.05) is 12.4 Å². The SMILES string of the molecule is COc1ccc(Cn2cc(NC(=O)c3noc4c3CC(C)(C)CC4)cn2)cc1Cl. The van der Waals surface area contributed by atoms with Crippen LogP contribution in [0, 0.1) is 5.41 Å². The van der Waals surface area contributed by atoms with Crippen molar-refractivity contribution < 1.29 is 14.1 Å². The zero-order valence-electron chi connectivity index (χ0n) is 16.7. The number of fused-ring (bicyclic) bond motifs is 1. The quantitative estimate of drug-likeness (QED) is 0.671. The first kappa shape index (κ1) is 19.5. The van der Waals surface area contributed by atoms with Crippen LogP contribution in [0.25, 0.3) is 0 Å². The fraction of sp³-hybridized carbons (Fsp3) is 0.381. The molecule has 3 aromatic rings. The monoisotopic (exact) mass is 414 g/mol. The minimum absolute atomic E-state index is 0.137. The summed E-state index contributed by atoms with van der Waals surface area (Å²) in [5.41, 5.74) is 2.99. The van der Waals surface area contributed by atoms with Crippen molar-refractivity contribution in [2.24, 2.45) is 5.41 Å². The molecule has 8 heteroatoms. The Bertz CT molecular complexity index is 1050. The Hall–Kier alpha value is -2.80. The molecule has 0 unspecified atom stereocenters. The highest BCUT2D eigenvalue weighted by atomic mass is 35.5. The van der Waals surface area contributed by atoms with Crippen molar-refractivity contribution in [1.82, 2.24) is 14.9 Å². The molecule has 2 heterocycles. The number of carbonyl (C=O) groups excluding carboxylic acids is 1. The van der Waals surface area contributed by atoms with E-state index in [-0.39, 0.29) is 11.3 Å². The van der Waals surface area contributed by atoms with Crippen LogP contribution >= 0.6 is 11.6 Å². The summed E-state index contributed by atoms with van der Waals surface area (Å²) in [6.07, 6.45) is 6.00. The topological polar surface area (TPSA) is 82.2 Å². The zero-order valence-corrected chi connectivity index (χ0v) is 17.4. The third-order valence-electron chi connectivity index (χ3n) is 5.22. The molecule has 2 aromatic heterocycles. The highest BCUT2D eigenvalue weighted by Gasteiger charge is 2.32. The summed E-state index contributed by atoms with van der Waals surface area (Å²) in [5, 5.41) is 11.7. The predicted octanol–water partition coefficient (Wildman–Crippen LogP) is 4.35. The van der Waals surface area contributed by atoms with Crippen LogP contribution in [0.15, 0.2) is 35.1 Å². The van der Waals surface area contributed by atoms with Gasteiger partial charge in [-0.25, -0.2) is 0 Å². The number of rotatable bonds is 5. The van der Waals surface area contributed by atoms with Crippen LogP contribution in [0.1, 0.15) is 47.6 Å². The lowest BCUT2D eigenvalue weighted by molar-refractivity contribution is 0.101. The maximum absolute atomic E-state index is 12.7. The molecule has 4 rings (SSSR count). The van der Waals surface area contributed by atoms with E-state index in [1.807, 2.05) is 18.2 Å². The molecule has 7 nitrogen and oxygen atoms in total. The van der Waals surface area contributed by atoms with E-state index in [1.54, 1.807) is 24.2 Å². The molecule has 0 saturated carbocycles. The van der Waals surface area contributed by atoms with E-state index in [9.17, 15) is 4.79 Å². The van der Waals surface area contributed by atoms with Gasteiger partial charge in [0.1, 0.15) is 11.5 Å². The summed E-state index contributed by atoms with van der Waals surface area (Å²) in [5.74, 6) is 1.17. The van der Waals surface area contributed by atoms with Crippen molar-refractivity contribution in [3.05, 3.63) is 58.2 Å². The number of hydrogen-bond donors (Lipinski definition) is 1. The number of carbonyl (C=O) groups is 1. The molecule has 1 aromatic carbocycles. The van der Waals surface area contributed by atoms with Crippen molar-refractivity contribution in [2.45, 2.75) is 39.7 Å². The van der Waals surface area contributed by atoms with E-state index < -0.39 is 0 Å². The number of aromatic nitrogens is 3. The first-order valence-electron chi connectivity index (χ1n) is 9.48. The predicted molar refractivity (Wildman–Crippen MR) is 110 cm³/mol.